The van der Waals surface area contributed by atoms with Crippen molar-refractivity contribution in [3.05, 3.63) is 65.4 Å². The monoisotopic (exact) mass is 344 g/mol. The van der Waals surface area contributed by atoms with Crippen LogP contribution in [0.3, 0.4) is 0 Å². The second-order valence-corrected chi connectivity index (χ2v) is 5.76. The summed E-state index contributed by atoms with van der Waals surface area (Å²) >= 11 is 0. The number of nitriles is 1. The summed E-state index contributed by atoms with van der Waals surface area (Å²) < 4.78 is 0. The molecule has 0 atom stereocenters. The van der Waals surface area contributed by atoms with E-state index in [1.54, 1.807) is 18.3 Å². The number of anilines is 4. The lowest BCUT2D eigenvalue weighted by atomic mass is 10.0. The van der Waals surface area contributed by atoms with Gasteiger partial charge < -0.3 is 10.6 Å². The van der Waals surface area contributed by atoms with Crippen LogP contribution in [0.15, 0.2) is 48.7 Å². The van der Waals surface area contributed by atoms with Crippen molar-refractivity contribution in [3.8, 4) is 6.07 Å². The van der Waals surface area contributed by atoms with Crippen LogP contribution in [0.1, 0.15) is 30.5 Å². The summed E-state index contributed by atoms with van der Waals surface area (Å²) in [7, 11) is 0. The van der Waals surface area contributed by atoms with Crippen LogP contribution in [-0.2, 0) is 12.8 Å². The fourth-order valence-electron chi connectivity index (χ4n) is 2.71. The fourth-order valence-corrected chi connectivity index (χ4v) is 2.71. The Morgan fingerprint density at radius 2 is 1.65 bits per heavy atom. The topological polar surface area (TPSA) is 86.5 Å². The van der Waals surface area contributed by atoms with Crippen molar-refractivity contribution in [2.24, 2.45) is 0 Å². The number of hydrogen-bond acceptors (Lipinski definition) is 6. The molecule has 1 aromatic heterocycles. The van der Waals surface area contributed by atoms with E-state index in [1.807, 2.05) is 12.1 Å². The Morgan fingerprint density at radius 1 is 0.962 bits per heavy atom. The molecular weight excluding hydrogens is 324 g/mol. The number of aryl methyl sites for hydroxylation is 2. The maximum atomic E-state index is 8.87. The smallest absolute Gasteiger partial charge is 0.249 e. The van der Waals surface area contributed by atoms with Gasteiger partial charge in [-0.3, -0.25) is 0 Å². The van der Waals surface area contributed by atoms with Crippen molar-refractivity contribution in [2.45, 2.75) is 26.7 Å². The quantitative estimate of drug-likeness (QED) is 0.691. The Kier molecular flexibility index (Phi) is 5.40. The number of hydrogen-bond donors (Lipinski definition) is 2. The highest BCUT2D eigenvalue weighted by Crippen LogP contribution is 2.25. The van der Waals surface area contributed by atoms with Crippen LogP contribution in [0.25, 0.3) is 0 Å². The zero-order valence-electron chi connectivity index (χ0n) is 14.8. The maximum Gasteiger partial charge on any atom is 0.249 e. The summed E-state index contributed by atoms with van der Waals surface area (Å²) in [4.78, 5) is 4.50. The Balaban J connectivity index is 1.83. The molecule has 3 aromatic rings. The molecule has 0 bridgehead atoms. The van der Waals surface area contributed by atoms with Gasteiger partial charge in [0.2, 0.25) is 5.95 Å². The standard InChI is InChI=1S/C20H20N6/c1-3-15-6-5-7-16(4-2)19(15)25-20-24-18(13-22-26-20)23-17-10-8-14(12-21)9-11-17/h5-11,13H,3-4H2,1-2H3,(H2,23,24,25,26). The number of nitrogens with one attached hydrogen (secondary N) is 2. The van der Waals surface area contributed by atoms with Crippen LogP contribution >= 0.6 is 0 Å². The molecule has 2 N–H and O–H groups in total. The number of benzene rings is 2. The Labute approximate surface area is 152 Å². The highest BCUT2D eigenvalue weighted by atomic mass is 15.3. The van der Waals surface area contributed by atoms with E-state index >= 15 is 0 Å². The lowest BCUT2D eigenvalue weighted by Gasteiger charge is -2.14. The average Bonchev–Trinajstić information content (AvgIpc) is 2.69. The van der Waals surface area contributed by atoms with Gasteiger partial charge in [-0.1, -0.05) is 32.0 Å². The van der Waals surface area contributed by atoms with Gasteiger partial charge in [0.25, 0.3) is 0 Å². The van der Waals surface area contributed by atoms with Crippen LogP contribution in [0, 0.1) is 11.3 Å². The van der Waals surface area contributed by atoms with E-state index in [0.717, 1.165) is 24.2 Å². The van der Waals surface area contributed by atoms with Crippen LogP contribution in [-0.4, -0.2) is 15.2 Å². The molecule has 0 saturated heterocycles. The number of rotatable bonds is 6. The average molecular weight is 344 g/mol. The van der Waals surface area contributed by atoms with E-state index in [-0.39, 0.29) is 0 Å². The Morgan fingerprint density at radius 3 is 2.27 bits per heavy atom. The van der Waals surface area contributed by atoms with E-state index in [0.29, 0.717) is 17.3 Å². The largest absolute Gasteiger partial charge is 0.339 e. The van der Waals surface area contributed by atoms with Crippen LogP contribution in [0.2, 0.25) is 0 Å². The second kappa shape index (κ2) is 8.08. The summed E-state index contributed by atoms with van der Waals surface area (Å²) in [6.07, 6.45) is 3.41. The van der Waals surface area contributed by atoms with E-state index in [2.05, 4.69) is 63.9 Å². The van der Waals surface area contributed by atoms with Gasteiger partial charge in [0.15, 0.2) is 5.82 Å². The molecule has 26 heavy (non-hydrogen) atoms. The first-order valence-electron chi connectivity index (χ1n) is 8.58. The highest BCUT2D eigenvalue weighted by Gasteiger charge is 2.09. The maximum absolute atomic E-state index is 8.87. The number of para-hydroxylation sites is 1. The molecule has 6 heteroatoms. The molecule has 3 rings (SSSR count). The van der Waals surface area contributed by atoms with Crippen LogP contribution in [0.4, 0.5) is 23.1 Å². The van der Waals surface area contributed by atoms with Gasteiger partial charge in [-0.2, -0.15) is 15.3 Å². The van der Waals surface area contributed by atoms with Gasteiger partial charge in [0, 0.05) is 11.4 Å². The highest BCUT2D eigenvalue weighted by molar-refractivity contribution is 5.65. The van der Waals surface area contributed by atoms with Crippen molar-refractivity contribution in [1.29, 1.82) is 5.26 Å². The number of aromatic nitrogens is 3. The molecule has 0 fully saturated rings. The molecule has 0 amide bonds. The van der Waals surface area contributed by atoms with E-state index < -0.39 is 0 Å². The molecule has 2 aromatic carbocycles. The minimum atomic E-state index is 0.444. The van der Waals surface area contributed by atoms with E-state index in [1.165, 1.54) is 11.1 Å². The van der Waals surface area contributed by atoms with E-state index in [4.69, 9.17) is 5.26 Å². The minimum absolute atomic E-state index is 0.444. The molecule has 0 saturated carbocycles. The van der Waals surface area contributed by atoms with Gasteiger partial charge in [0.05, 0.1) is 17.8 Å². The first kappa shape index (κ1) is 17.4. The summed E-state index contributed by atoms with van der Waals surface area (Å²) in [6.45, 7) is 4.25. The molecule has 130 valence electrons. The van der Waals surface area contributed by atoms with Crippen molar-refractivity contribution >= 4 is 23.1 Å². The second-order valence-electron chi connectivity index (χ2n) is 5.76. The summed E-state index contributed by atoms with van der Waals surface area (Å²) in [6, 6.07) is 15.5. The summed E-state index contributed by atoms with van der Waals surface area (Å²) in [5.41, 5.74) is 4.94. The molecule has 0 radical (unpaired) electrons. The SMILES string of the molecule is CCc1cccc(CC)c1Nc1nncc(Nc2ccc(C#N)cc2)n1. The van der Waals surface area contributed by atoms with E-state index in [9.17, 15) is 0 Å². The van der Waals surface area contributed by atoms with Gasteiger partial charge in [-0.15, -0.1) is 5.10 Å². The summed E-state index contributed by atoms with van der Waals surface area (Å²) in [5, 5.41) is 23.5. The van der Waals surface area contributed by atoms with Crippen molar-refractivity contribution in [1.82, 2.24) is 15.2 Å². The van der Waals surface area contributed by atoms with Gasteiger partial charge in [-0.05, 0) is 48.2 Å². The zero-order valence-corrected chi connectivity index (χ0v) is 14.8. The predicted molar refractivity (Wildman–Crippen MR) is 103 cm³/mol. The van der Waals surface area contributed by atoms with Crippen molar-refractivity contribution in [2.75, 3.05) is 10.6 Å². The lowest BCUT2D eigenvalue weighted by molar-refractivity contribution is 0.976. The first-order chi connectivity index (χ1) is 12.7. The third-order valence-corrected chi connectivity index (χ3v) is 4.08. The fraction of sp³-hybridized carbons (Fsp3) is 0.200. The predicted octanol–water partition coefficient (Wildman–Crippen LogP) is 4.36. The zero-order chi connectivity index (χ0) is 18.4. The van der Waals surface area contributed by atoms with Gasteiger partial charge >= 0.3 is 0 Å². The molecule has 6 nitrogen and oxygen atoms in total. The third kappa shape index (κ3) is 3.95. The molecular formula is C20H20N6. The minimum Gasteiger partial charge on any atom is -0.339 e. The molecule has 0 aliphatic heterocycles. The Hall–Kier alpha value is -3.46. The van der Waals surface area contributed by atoms with Crippen LogP contribution < -0.4 is 10.6 Å². The normalized spacial score (nSPS) is 10.2. The van der Waals surface area contributed by atoms with Crippen LogP contribution in [0.5, 0.6) is 0 Å². The third-order valence-electron chi connectivity index (χ3n) is 4.08. The molecule has 0 aliphatic carbocycles. The molecule has 1 heterocycles. The van der Waals surface area contributed by atoms with Crippen molar-refractivity contribution < 1.29 is 0 Å². The first-order valence-corrected chi connectivity index (χ1v) is 8.58. The summed E-state index contributed by atoms with van der Waals surface area (Å²) in [5.74, 6) is 1.03. The lowest BCUT2D eigenvalue weighted by Crippen LogP contribution is -2.05. The molecule has 0 spiro atoms. The Bertz CT molecular complexity index is 906. The van der Waals surface area contributed by atoms with Gasteiger partial charge in [0.1, 0.15) is 0 Å². The van der Waals surface area contributed by atoms with Gasteiger partial charge in [-0.25, -0.2) is 0 Å². The van der Waals surface area contributed by atoms with Crippen molar-refractivity contribution in [3.63, 3.8) is 0 Å². The number of nitrogens with zero attached hydrogens (tertiary/aromatic N) is 4. The molecule has 0 unspecified atom stereocenters. The molecule has 0 aliphatic rings.